The predicted molar refractivity (Wildman–Crippen MR) is 84.8 cm³/mol. The van der Waals surface area contributed by atoms with E-state index in [4.69, 9.17) is 10.5 Å². The molecule has 0 aromatic heterocycles. The summed E-state index contributed by atoms with van der Waals surface area (Å²) in [6.07, 6.45) is -1.16. The largest absolute Gasteiger partial charge is 0.497 e. The van der Waals surface area contributed by atoms with E-state index in [0.717, 1.165) is 23.4 Å². The first-order valence-electron chi connectivity index (χ1n) is 6.72. The predicted octanol–water partition coefficient (Wildman–Crippen LogP) is 4.42. The molecule has 0 saturated heterocycles. The molecule has 0 aliphatic carbocycles. The number of hydrogen-bond donors (Lipinski definition) is 1. The van der Waals surface area contributed by atoms with Gasteiger partial charge in [0.25, 0.3) is 0 Å². The average molecular weight is 320 g/mol. The lowest BCUT2D eigenvalue weighted by atomic mass is 10.2. The van der Waals surface area contributed by atoms with Gasteiger partial charge in [0.15, 0.2) is 0 Å². The minimum atomic E-state index is -4.40. The van der Waals surface area contributed by atoms with Crippen molar-refractivity contribution in [2.75, 3.05) is 7.11 Å². The van der Waals surface area contributed by atoms with Gasteiger partial charge >= 0.3 is 6.18 Å². The second-order valence-corrected chi connectivity index (χ2v) is 4.69. The number of benzene rings is 2. The van der Waals surface area contributed by atoms with Crippen LogP contribution in [0.15, 0.2) is 59.6 Å². The van der Waals surface area contributed by atoms with Crippen LogP contribution in [-0.2, 0) is 6.18 Å². The summed E-state index contributed by atoms with van der Waals surface area (Å²) in [7, 11) is 1.57. The Labute approximate surface area is 131 Å². The van der Waals surface area contributed by atoms with Crippen LogP contribution in [0.25, 0.3) is 6.08 Å². The Balaban J connectivity index is 2.14. The lowest BCUT2D eigenvalue weighted by Crippen LogP contribution is -2.07. The third-order valence-electron chi connectivity index (χ3n) is 2.99. The average Bonchev–Trinajstić information content (AvgIpc) is 2.53. The van der Waals surface area contributed by atoms with Crippen LogP contribution < -0.4 is 10.5 Å². The van der Waals surface area contributed by atoms with Crippen molar-refractivity contribution in [2.45, 2.75) is 6.18 Å². The highest BCUT2D eigenvalue weighted by molar-refractivity contribution is 5.96. The zero-order valence-electron chi connectivity index (χ0n) is 12.3. The maximum absolute atomic E-state index is 12.6. The molecule has 3 nitrogen and oxygen atoms in total. The molecule has 0 fully saturated rings. The zero-order chi connectivity index (χ0) is 16.9. The third kappa shape index (κ3) is 4.88. The summed E-state index contributed by atoms with van der Waals surface area (Å²) in [5.41, 5.74) is 5.99. The van der Waals surface area contributed by atoms with E-state index in [0.29, 0.717) is 0 Å². The van der Waals surface area contributed by atoms with Crippen molar-refractivity contribution in [3.8, 4) is 5.75 Å². The number of alkyl halides is 3. The molecule has 0 aliphatic heterocycles. The van der Waals surface area contributed by atoms with Crippen LogP contribution in [0, 0.1) is 0 Å². The van der Waals surface area contributed by atoms with E-state index in [-0.39, 0.29) is 11.5 Å². The number of aliphatic imine (C=N–C) groups is 1. The van der Waals surface area contributed by atoms with Crippen LogP contribution in [0.5, 0.6) is 5.75 Å². The summed E-state index contributed by atoms with van der Waals surface area (Å²) in [6.45, 7) is 0. The Kier molecular flexibility index (Phi) is 5.05. The monoisotopic (exact) mass is 320 g/mol. The first-order valence-corrected chi connectivity index (χ1v) is 6.72. The van der Waals surface area contributed by atoms with Crippen molar-refractivity contribution >= 4 is 17.6 Å². The smallest absolute Gasteiger partial charge is 0.416 e. The Hall–Kier alpha value is -2.76. The number of methoxy groups -OCH3 is 1. The van der Waals surface area contributed by atoms with E-state index in [1.807, 2.05) is 12.1 Å². The van der Waals surface area contributed by atoms with Gasteiger partial charge in [0, 0.05) is 0 Å². The number of halogens is 3. The van der Waals surface area contributed by atoms with Gasteiger partial charge in [0.2, 0.25) is 0 Å². The summed E-state index contributed by atoms with van der Waals surface area (Å²) in [4.78, 5) is 3.96. The first-order chi connectivity index (χ1) is 10.9. The van der Waals surface area contributed by atoms with Gasteiger partial charge in [-0.05, 0) is 42.0 Å². The molecule has 0 unspecified atom stereocenters. The lowest BCUT2D eigenvalue weighted by Gasteiger charge is -2.06. The highest BCUT2D eigenvalue weighted by atomic mass is 19.4. The van der Waals surface area contributed by atoms with Gasteiger partial charge in [-0.25, -0.2) is 4.99 Å². The van der Waals surface area contributed by atoms with Gasteiger partial charge in [-0.3, -0.25) is 0 Å². The summed E-state index contributed by atoms with van der Waals surface area (Å²) < 4.78 is 42.9. The van der Waals surface area contributed by atoms with Gasteiger partial charge in [0.05, 0.1) is 18.4 Å². The maximum atomic E-state index is 12.6. The second-order valence-electron chi connectivity index (χ2n) is 4.69. The number of rotatable bonds is 4. The van der Waals surface area contributed by atoms with Crippen LogP contribution in [0.1, 0.15) is 11.1 Å². The molecule has 0 atom stereocenters. The number of amidine groups is 1. The van der Waals surface area contributed by atoms with E-state index in [1.54, 1.807) is 25.3 Å². The summed E-state index contributed by atoms with van der Waals surface area (Å²) in [5.74, 6) is 0.841. The molecule has 2 rings (SSSR count). The lowest BCUT2D eigenvalue weighted by molar-refractivity contribution is -0.137. The number of nitrogens with two attached hydrogens (primary N) is 1. The molecule has 2 aromatic carbocycles. The standard InChI is InChI=1S/C17H15F3N2O/c1-23-15-8-5-12(6-9-15)7-10-16(21)22-14-4-2-3-13(11-14)17(18,19)20/h2-11H,1H3,(H2,21,22). The Morgan fingerprint density at radius 1 is 1.13 bits per heavy atom. The fourth-order valence-electron chi connectivity index (χ4n) is 1.83. The molecular weight excluding hydrogens is 305 g/mol. The highest BCUT2D eigenvalue weighted by Gasteiger charge is 2.30. The summed E-state index contributed by atoms with van der Waals surface area (Å²) in [5, 5.41) is 0. The molecular formula is C17H15F3N2O. The van der Waals surface area contributed by atoms with E-state index in [1.165, 1.54) is 18.2 Å². The maximum Gasteiger partial charge on any atom is 0.416 e. The van der Waals surface area contributed by atoms with Gasteiger partial charge in [-0.2, -0.15) is 13.2 Å². The van der Waals surface area contributed by atoms with E-state index >= 15 is 0 Å². The first kappa shape index (κ1) is 16.6. The van der Waals surface area contributed by atoms with Crippen LogP contribution in [-0.4, -0.2) is 12.9 Å². The molecule has 6 heteroatoms. The quantitative estimate of drug-likeness (QED) is 0.670. The molecule has 0 heterocycles. The zero-order valence-corrected chi connectivity index (χ0v) is 12.3. The van der Waals surface area contributed by atoms with Crippen LogP contribution in [0.4, 0.5) is 18.9 Å². The molecule has 0 spiro atoms. The number of nitrogens with zero attached hydrogens (tertiary/aromatic N) is 1. The molecule has 0 aliphatic rings. The fourth-order valence-corrected chi connectivity index (χ4v) is 1.83. The SMILES string of the molecule is COc1ccc(C=CC(N)=Nc2cccc(C(F)(F)F)c2)cc1. The molecule has 2 aromatic rings. The number of ether oxygens (including phenoxy) is 1. The minimum Gasteiger partial charge on any atom is -0.497 e. The Bertz CT molecular complexity index is 719. The summed E-state index contributed by atoms with van der Waals surface area (Å²) in [6, 6.07) is 11.9. The normalized spacial score (nSPS) is 12.6. The van der Waals surface area contributed by atoms with Crippen molar-refractivity contribution in [3.63, 3.8) is 0 Å². The van der Waals surface area contributed by atoms with E-state index in [9.17, 15) is 13.2 Å². The van der Waals surface area contributed by atoms with Gasteiger partial charge < -0.3 is 10.5 Å². The molecule has 0 bridgehead atoms. The van der Waals surface area contributed by atoms with Crippen molar-refractivity contribution in [2.24, 2.45) is 10.7 Å². The molecule has 23 heavy (non-hydrogen) atoms. The van der Waals surface area contributed by atoms with Crippen LogP contribution in [0.3, 0.4) is 0 Å². The second kappa shape index (κ2) is 7.00. The van der Waals surface area contributed by atoms with Crippen molar-refractivity contribution in [1.29, 1.82) is 0 Å². The topological polar surface area (TPSA) is 47.6 Å². The summed E-state index contributed by atoms with van der Waals surface area (Å²) >= 11 is 0. The minimum absolute atomic E-state index is 0.111. The Morgan fingerprint density at radius 3 is 2.43 bits per heavy atom. The van der Waals surface area contributed by atoms with Crippen LogP contribution >= 0.6 is 0 Å². The molecule has 120 valence electrons. The molecule has 0 saturated carbocycles. The van der Waals surface area contributed by atoms with Gasteiger partial charge in [-0.1, -0.05) is 24.3 Å². The van der Waals surface area contributed by atoms with Crippen molar-refractivity contribution in [1.82, 2.24) is 0 Å². The molecule has 0 radical (unpaired) electrons. The Morgan fingerprint density at radius 2 is 1.83 bits per heavy atom. The number of hydrogen-bond acceptors (Lipinski definition) is 2. The van der Waals surface area contributed by atoms with Gasteiger partial charge in [-0.15, -0.1) is 0 Å². The van der Waals surface area contributed by atoms with E-state index < -0.39 is 11.7 Å². The fraction of sp³-hybridized carbons (Fsp3) is 0.118. The van der Waals surface area contributed by atoms with Gasteiger partial charge in [0.1, 0.15) is 11.6 Å². The molecule has 0 amide bonds. The highest BCUT2D eigenvalue weighted by Crippen LogP contribution is 2.31. The van der Waals surface area contributed by atoms with Crippen molar-refractivity contribution in [3.05, 3.63) is 65.7 Å². The van der Waals surface area contributed by atoms with E-state index in [2.05, 4.69) is 4.99 Å². The van der Waals surface area contributed by atoms with Crippen LogP contribution in [0.2, 0.25) is 0 Å². The van der Waals surface area contributed by atoms with Crippen molar-refractivity contribution < 1.29 is 17.9 Å². The molecule has 2 N–H and O–H groups in total. The third-order valence-corrected chi connectivity index (χ3v) is 2.99.